The number of nitrogens with one attached hydrogen (secondary N) is 1. The zero-order valence-electron chi connectivity index (χ0n) is 14.6. The number of hydrogen-bond donors (Lipinski definition) is 1. The molecule has 0 aliphatic carbocycles. The van der Waals surface area contributed by atoms with Crippen molar-refractivity contribution < 1.29 is 17.6 Å². The minimum absolute atomic E-state index is 0.206. The number of benzene rings is 1. The van der Waals surface area contributed by atoms with Crippen molar-refractivity contribution in [3.8, 4) is 16.5 Å². The van der Waals surface area contributed by atoms with Gasteiger partial charge < -0.3 is 9.15 Å². The van der Waals surface area contributed by atoms with Gasteiger partial charge in [0.2, 0.25) is 15.9 Å². The van der Waals surface area contributed by atoms with Gasteiger partial charge in [-0.15, -0.1) is 11.3 Å². The second-order valence-corrected chi connectivity index (χ2v) is 8.27. The zero-order chi connectivity index (χ0) is 18.6. The van der Waals surface area contributed by atoms with Gasteiger partial charge in [-0.2, -0.15) is 0 Å². The van der Waals surface area contributed by atoms with Gasteiger partial charge in [0.05, 0.1) is 22.1 Å². The van der Waals surface area contributed by atoms with Gasteiger partial charge in [0.25, 0.3) is 0 Å². The molecule has 6 nitrogen and oxygen atoms in total. The van der Waals surface area contributed by atoms with Crippen molar-refractivity contribution in [2.75, 3.05) is 13.2 Å². The summed E-state index contributed by atoms with van der Waals surface area (Å²) in [6.45, 7) is 4.49. The Hall–Kier alpha value is -2.16. The number of thiophene rings is 1. The summed E-state index contributed by atoms with van der Waals surface area (Å²) >= 11 is 1.55. The maximum absolute atomic E-state index is 12.4. The van der Waals surface area contributed by atoms with Gasteiger partial charge in [-0.3, -0.25) is 0 Å². The molecule has 26 heavy (non-hydrogen) atoms. The van der Waals surface area contributed by atoms with Gasteiger partial charge in [0.15, 0.2) is 0 Å². The van der Waals surface area contributed by atoms with Crippen LogP contribution in [0, 0.1) is 6.92 Å². The molecule has 0 radical (unpaired) electrons. The summed E-state index contributed by atoms with van der Waals surface area (Å²) in [7, 11) is -3.57. The average Bonchev–Trinajstić information content (AvgIpc) is 3.26. The summed E-state index contributed by atoms with van der Waals surface area (Å²) in [5.74, 6) is 1.92. The normalized spacial score (nSPS) is 11.6. The van der Waals surface area contributed by atoms with Crippen LogP contribution in [0.2, 0.25) is 0 Å². The van der Waals surface area contributed by atoms with E-state index in [1.54, 1.807) is 23.5 Å². The van der Waals surface area contributed by atoms with Gasteiger partial charge in [-0.25, -0.2) is 18.1 Å². The Morgan fingerprint density at radius 1 is 1.23 bits per heavy atom. The minimum Gasteiger partial charge on any atom is -0.494 e. The molecule has 8 heteroatoms. The maximum Gasteiger partial charge on any atom is 0.240 e. The van der Waals surface area contributed by atoms with Crippen LogP contribution in [-0.2, 0) is 16.4 Å². The van der Waals surface area contributed by atoms with Crippen LogP contribution in [0.15, 0.2) is 51.1 Å². The molecular formula is C18H20N2O4S2. The molecule has 0 amide bonds. The maximum atomic E-state index is 12.4. The van der Waals surface area contributed by atoms with Crippen LogP contribution < -0.4 is 9.46 Å². The van der Waals surface area contributed by atoms with E-state index < -0.39 is 10.0 Å². The lowest BCUT2D eigenvalue weighted by atomic mass is 10.3. The number of sulfonamides is 1. The Kier molecular flexibility index (Phi) is 5.75. The lowest BCUT2D eigenvalue weighted by Gasteiger charge is -2.07. The van der Waals surface area contributed by atoms with Crippen LogP contribution in [0.25, 0.3) is 10.8 Å². The molecule has 3 aromatic rings. The van der Waals surface area contributed by atoms with Crippen molar-refractivity contribution in [3.05, 3.63) is 53.2 Å². The first kappa shape index (κ1) is 18.6. The van der Waals surface area contributed by atoms with Crippen LogP contribution in [0.5, 0.6) is 5.75 Å². The van der Waals surface area contributed by atoms with E-state index in [1.165, 1.54) is 12.1 Å². The SMILES string of the molecule is CCOc1ccc(S(=O)(=O)NCCc2nc(-c3cccs3)oc2C)cc1. The average molecular weight is 393 g/mol. The number of aromatic nitrogens is 1. The van der Waals surface area contributed by atoms with Crippen molar-refractivity contribution in [1.82, 2.24) is 9.71 Å². The molecule has 1 N–H and O–H groups in total. The molecule has 2 aromatic heterocycles. The molecule has 138 valence electrons. The largest absolute Gasteiger partial charge is 0.494 e. The van der Waals surface area contributed by atoms with Gasteiger partial charge in [-0.1, -0.05) is 6.07 Å². The molecule has 3 rings (SSSR count). The highest BCUT2D eigenvalue weighted by Crippen LogP contribution is 2.26. The lowest BCUT2D eigenvalue weighted by Crippen LogP contribution is -2.26. The number of rotatable bonds is 8. The molecule has 0 atom stereocenters. The van der Waals surface area contributed by atoms with E-state index in [1.807, 2.05) is 31.4 Å². The Bertz CT molecular complexity index is 946. The van der Waals surface area contributed by atoms with Crippen LogP contribution >= 0.6 is 11.3 Å². The van der Waals surface area contributed by atoms with E-state index >= 15 is 0 Å². The predicted octanol–water partition coefficient (Wildman–Crippen LogP) is 3.63. The predicted molar refractivity (Wildman–Crippen MR) is 101 cm³/mol. The van der Waals surface area contributed by atoms with E-state index in [0.717, 1.165) is 10.6 Å². The fraction of sp³-hybridized carbons (Fsp3) is 0.278. The van der Waals surface area contributed by atoms with Gasteiger partial charge in [0, 0.05) is 13.0 Å². The summed E-state index contributed by atoms with van der Waals surface area (Å²) in [5.41, 5.74) is 0.753. The van der Waals surface area contributed by atoms with E-state index in [2.05, 4.69) is 9.71 Å². The molecule has 0 spiro atoms. The molecule has 0 unspecified atom stereocenters. The highest BCUT2D eigenvalue weighted by molar-refractivity contribution is 7.89. The molecule has 1 aromatic carbocycles. The molecule has 0 aliphatic rings. The summed E-state index contributed by atoms with van der Waals surface area (Å²) in [4.78, 5) is 5.63. The minimum atomic E-state index is -3.57. The fourth-order valence-corrected chi connectivity index (χ4v) is 4.12. The first-order chi connectivity index (χ1) is 12.5. The second kappa shape index (κ2) is 8.03. The Balaban J connectivity index is 1.62. The molecule has 0 bridgehead atoms. The lowest BCUT2D eigenvalue weighted by molar-refractivity contribution is 0.340. The molecular weight excluding hydrogens is 372 g/mol. The number of aryl methyl sites for hydroxylation is 1. The first-order valence-corrected chi connectivity index (χ1v) is 10.6. The van der Waals surface area contributed by atoms with Crippen LogP contribution in [0.3, 0.4) is 0 Å². The van der Waals surface area contributed by atoms with E-state index in [4.69, 9.17) is 9.15 Å². The fourth-order valence-electron chi connectivity index (χ4n) is 2.43. The van der Waals surface area contributed by atoms with Crippen molar-refractivity contribution in [3.63, 3.8) is 0 Å². The van der Waals surface area contributed by atoms with Gasteiger partial charge >= 0.3 is 0 Å². The van der Waals surface area contributed by atoms with Gasteiger partial charge in [-0.05, 0) is 49.6 Å². The number of ether oxygens (including phenoxy) is 1. The van der Waals surface area contributed by atoms with Gasteiger partial charge in [0.1, 0.15) is 11.5 Å². The van der Waals surface area contributed by atoms with Crippen molar-refractivity contribution in [2.45, 2.75) is 25.2 Å². The summed E-state index contributed by atoms with van der Waals surface area (Å²) in [6.07, 6.45) is 0.455. The van der Waals surface area contributed by atoms with Crippen LogP contribution in [-0.4, -0.2) is 26.6 Å². The Morgan fingerprint density at radius 2 is 2.00 bits per heavy atom. The third-order valence-corrected chi connectivity index (χ3v) is 6.06. The third-order valence-electron chi connectivity index (χ3n) is 3.72. The highest BCUT2D eigenvalue weighted by atomic mass is 32.2. The topological polar surface area (TPSA) is 81.4 Å². The Labute approximate surface area is 156 Å². The molecule has 0 saturated heterocycles. The van der Waals surface area contributed by atoms with Crippen LogP contribution in [0.1, 0.15) is 18.4 Å². The Morgan fingerprint density at radius 3 is 2.65 bits per heavy atom. The number of nitrogens with zero attached hydrogens (tertiary/aromatic N) is 1. The van der Waals surface area contributed by atoms with Crippen molar-refractivity contribution in [2.24, 2.45) is 0 Å². The molecule has 2 heterocycles. The summed E-state index contributed by atoms with van der Waals surface area (Å²) < 4.78 is 38.3. The summed E-state index contributed by atoms with van der Waals surface area (Å²) in [6, 6.07) is 10.2. The quantitative estimate of drug-likeness (QED) is 0.633. The third kappa shape index (κ3) is 4.32. The number of oxazole rings is 1. The van der Waals surface area contributed by atoms with Crippen LogP contribution in [0.4, 0.5) is 0 Å². The van der Waals surface area contributed by atoms with E-state index in [0.29, 0.717) is 30.4 Å². The second-order valence-electron chi connectivity index (χ2n) is 5.55. The first-order valence-electron chi connectivity index (χ1n) is 8.22. The molecule has 0 saturated carbocycles. The van der Waals surface area contributed by atoms with E-state index in [-0.39, 0.29) is 11.4 Å². The summed E-state index contributed by atoms with van der Waals surface area (Å²) in [5, 5.41) is 1.96. The van der Waals surface area contributed by atoms with E-state index in [9.17, 15) is 8.42 Å². The molecule has 0 fully saturated rings. The monoisotopic (exact) mass is 392 g/mol. The number of hydrogen-bond acceptors (Lipinski definition) is 6. The highest BCUT2D eigenvalue weighted by Gasteiger charge is 2.16. The van der Waals surface area contributed by atoms with Crippen molar-refractivity contribution in [1.29, 1.82) is 0 Å². The smallest absolute Gasteiger partial charge is 0.240 e. The zero-order valence-corrected chi connectivity index (χ0v) is 16.2. The molecule has 0 aliphatic heterocycles. The standard InChI is InChI=1S/C18H20N2O4S2/c1-3-23-14-6-8-15(9-7-14)26(21,22)19-11-10-16-13(2)24-18(20-16)17-5-4-12-25-17/h4-9,12,19H,3,10-11H2,1-2H3. The van der Waals surface area contributed by atoms with Crippen molar-refractivity contribution >= 4 is 21.4 Å².